The lowest BCUT2D eigenvalue weighted by molar-refractivity contribution is -0.363. The Kier molecular flexibility index (Phi) is 11.0. The lowest BCUT2D eigenvalue weighted by Gasteiger charge is -2.71. The Morgan fingerprint density at radius 2 is 1.34 bits per heavy atom. The predicted octanol–water partition coefficient (Wildman–Crippen LogP) is 1.29. The third-order valence-electron chi connectivity index (χ3n) is 17.2. The van der Waals surface area contributed by atoms with Gasteiger partial charge in [0.2, 0.25) is 6.29 Å². The van der Waals surface area contributed by atoms with Crippen LogP contribution in [0.25, 0.3) is 0 Å². The second-order valence-electron chi connectivity index (χ2n) is 20.8. The Bertz CT molecular complexity index is 1520. The molecule has 5 aliphatic carbocycles. The summed E-state index contributed by atoms with van der Waals surface area (Å²) in [5.74, 6) is -0.253. The second kappa shape index (κ2) is 14.4. The van der Waals surface area contributed by atoms with Gasteiger partial charge in [0, 0.05) is 0 Å². The third kappa shape index (κ3) is 6.21. The molecule has 2 aliphatic heterocycles. The van der Waals surface area contributed by atoms with Crippen LogP contribution in [-0.4, -0.2) is 139 Å². The normalized spacial score (nSPS) is 53.7. The number of carbonyl (C=O) groups is 1. The van der Waals surface area contributed by atoms with Crippen LogP contribution in [0.4, 0.5) is 0 Å². The topological polar surface area (TPSA) is 236 Å². The van der Waals surface area contributed by atoms with Crippen molar-refractivity contribution >= 4 is 5.97 Å². The monoisotopic (exact) mass is 796 g/mol. The van der Waals surface area contributed by atoms with Crippen LogP contribution in [0.1, 0.15) is 106 Å². The lowest BCUT2D eigenvalue weighted by atomic mass is 9.33. The molecule has 0 bridgehead atoms. The van der Waals surface area contributed by atoms with E-state index in [2.05, 4.69) is 54.5 Å². The van der Waals surface area contributed by atoms with Gasteiger partial charge in [0.05, 0.1) is 30.8 Å². The summed E-state index contributed by atoms with van der Waals surface area (Å²) in [4.78, 5) is 15.0. The zero-order valence-electron chi connectivity index (χ0n) is 34.1. The first-order chi connectivity index (χ1) is 26.0. The highest BCUT2D eigenvalue weighted by Crippen LogP contribution is 2.76. The molecule has 19 atom stereocenters. The summed E-state index contributed by atoms with van der Waals surface area (Å²) in [7, 11) is 0. The molecule has 0 radical (unpaired) electrons. The number of aliphatic hydroxyl groups is 9. The van der Waals surface area contributed by atoms with Crippen LogP contribution in [-0.2, 0) is 23.7 Å². The van der Waals surface area contributed by atoms with Crippen molar-refractivity contribution in [3.05, 3.63) is 11.6 Å². The molecule has 56 heavy (non-hydrogen) atoms. The Labute approximate surface area is 330 Å². The highest BCUT2D eigenvalue weighted by atomic mass is 16.8. The van der Waals surface area contributed by atoms with Crippen molar-refractivity contribution in [2.75, 3.05) is 13.2 Å². The average Bonchev–Trinajstić information content (AvgIpc) is 3.13. The van der Waals surface area contributed by atoms with Gasteiger partial charge < -0.3 is 64.9 Å². The quantitative estimate of drug-likeness (QED) is 0.136. The molecule has 7 aliphatic rings. The maximum atomic E-state index is 15.0. The summed E-state index contributed by atoms with van der Waals surface area (Å²) in [5.41, 5.74) is -0.859. The van der Waals surface area contributed by atoms with E-state index >= 15 is 4.79 Å². The van der Waals surface area contributed by atoms with Gasteiger partial charge >= 0.3 is 5.97 Å². The van der Waals surface area contributed by atoms with Crippen LogP contribution in [0.2, 0.25) is 0 Å². The molecule has 320 valence electrons. The SMILES string of the molecule is CC1(C)CC[C@]2(C(=O)O[C@@H]3O[C@H](CO)[C@@H](O)[C@H](O)[C@H]3O[C@@H]3O[C@H](CO)[C@@H](O)[C@H](O)[C@H]3O)CC[C@]3(C)C(=CC[C@@H]4[C@@]5(C)C[C@@H](O)[C@H](O)C(C)(C)[C@@H]5CC[C@]43C)[C@@H]2C1. The maximum Gasteiger partial charge on any atom is 0.315 e. The molecule has 14 heteroatoms. The number of hydrogen-bond acceptors (Lipinski definition) is 14. The van der Waals surface area contributed by atoms with Gasteiger partial charge in [-0.2, -0.15) is 0 Å². The molecule has 2 saturated heterocycles. The fourth-order valence-electron chi connectivity index (χ4n) is 13.6. The van der Waals surface area contributed by atoms with Gasteiger partial charge in [0.1, 0.15) is 42.7 Å². The van der Waals surface area contributed by atoms with Crippen molar-refractivity contribution in [3.63, 3.8) is 0 Å². The number of hydrogen-bond donors (Lipinski definition) is 9. The molecule has 0 amide bonds. The number of carbonyl (C=O) groups excluding carboxylic acids is 1. The standard InChI is InChI=1S/C42H68O14/c1-37(2)12-14-42(36(52)56-35-32(30(49)28(47)24(19-44)54-35)55-34-31(50)29(48)27(46)23(18-43)53-34)15-13-40(6)20(21(42)16-37)8-9-26-39(5)17-22(45)33(51)38(3,4)25(39)10-11-41(26,40)7/h8,21-35,43-51H,9-19H2,1-7H3/t21-,22+,23+,24+,25-,26+,27+,28+,29-,30-,31+,32+,33-,34-,35-,39-,40+,41+,42-/m0/s1. The van der Waals surface area contributed by atoms with Gasteiger partial charge in [0.15, 0.2) is 12.4 Å². The van der Waals surface area contributed by atoms with Crippen molar-refractivity contribution in [2.45, 2.75) is 180 Å². The first-order valence-electron chi connectivity index (χ1n) is 20.9. The molecule has 0 aromatic carbocycles. The van der Waals surface area contributed by atoms with Gasteiger partial charge in [-0.05, 0) is 103 Å². The zero-order valence-corrected chi connectivity index (χ0v) is 34.1. The Balaban J connectivity index is 1.21. The van der Waals surface area contributed by atoms with Crippen molar-refractivity contribution in [2.24, 2.45) is 50.2 Å². The summed E-state index contributed by atoms with van der Waals surface area (Å²) in [5, 5.41) is 95.7. The van der Waals surface area contributed by atoms with Crippen LogP contribution >= 0.6 is 0 Å². The van der Waals surface area contributed by atoms with Crippen molar-refractivity contribution in [1.29, 1.82) is 0 Å². The van der Waals surface area contributed by atoms with E-state index in [1.807, 2.05) is 0 Å². The van der Waals surface area contributed by atoms with E-state index in [4.69, 9.17) is 18.9 Å². The molecule has 7 rings (SSSR count). The van der Waals surface area contributed by atoms with E-state index in [0.29, 0.717) is 25.7 Å². The third-order valence-corrected chi connectivity index (χ3v) is 17.2. The minimum Gasteiger partial charge on any atom is -0.432 e. The van der Waals surface area contributed by atoms with Gasteiger partial charge in [-0.3, -0.25) is 4.79 Å². The molecule has 0 aromatic heterocycles. The lowest BCUT2D eigenvalue weighted by Crippen LogP contribution is -2.67. The first kappa shape index (κ1) is 42.8. The van der Waals surface area contributed by atoms with E-state index in [9.17, 15) is 46.0 Å². The molecule has 0 unspecified atom stereocenters. The molecule has 9 N–H and O–H groups in total. The number of ether oxygens (including phenoxy) is 4. The maximum absolute atomic E-state index is 15.0. The highest BCUT2D eigenvalue weighted by molar-refractivity contribution is 5.79. The summed E-state index contributed by atoms with van der Waals surface area (Å²) in [6.45, 7) is 14.3. The summed E-state index contributed by atoms with van der Waals surface area (Å²) in [6.07, 6.45) is -9.19. The Hall–Kier alpha value is -1.27. The highest BCUT2D eigenvalue weighted by Gasteiger charge is 2.70. The summed E-state index contributed by atoms with van der Waals surface area (Å²) >= 11 is 0. The largest absolute Gasteiger partial charge is 0.432 e. The van der Waals surface area contributed by atoms with E-state index in [1.54, 1.807) is 0 Å². The van der Waals surface area contributed by atoms with Crippen LogP contribution < -0.4 is 0 Å². The van der Waals surface area contributed by atoms with Crippen LogP contribution in [0.15, 0.2) is 11.6 Å². The first-order valence-corrected chi connectivity index (χ1v) is 20.9. The Morgan fingerprint density at radius 1 is 0.732 bits per heavy atom. The molecule has 14 nitrogen and oxygen atoms in total. The number of aliphatic hydroxyl groups excluding tert-OH is 9. The zero-order chi connectivity index (χ0) is 41.1. The average molecular weight is 797 g/mol. The summed E-state index contributed by atoms with van der Waals surface area (Å²) < 4.78 is 23.6. The number of esters is 1. The predicted molar refractivity (Wildman–Crippen MR) is 199 cm³/mol. The second-order valence-corrected chi connectivity index (χ2v) is 20.8. The number of allylic oxidation sites excluding steroid dienone is 2. The van der Waals surface area contributed by atoms with Crippen LogP contribution in [0.3, 0.4) is 0 Å². The molecular weight excluding hydrogens is 728 g/mol. The molecule has 0 spiro atoms. The molecule has 4 saturated carbocycles. The minimum absolute atomic E-state index is 0.0824. The molecule has 0 aromatic rings. The molecule has 2 heterocycles. The van der Waals surface area contributed by atoms with Gasteiger partial charge in [-0.15, -0.1) is 0 Å². The summed E-state index contributed by atoms with van der Waals surface area (Å²) in [6, 6.07) is 0. The number of rotatable bonds is 6. The van der Waals surface area contributed by atoms with Crippen molar-refractivity contribution in [1.82, 2.24) is 0 Å². The smallest absolute Gasteiger partial charge is 0.315 e. The van der Waals surface area contributed by atoms with Crippen LogP contribution in [0.5, 0.6) is 0 Å². The van der Waals surface area contributed by atoms with E-state index in [1.165, 1.54) is 5.57 Å². The van der Waals surface area contributed by atoms with E-state index < -0.39 is 104 Å². The number of fused-ring (bicyclic) bond motifs is 7. The van der Waals surface area contributed by atoms with Crippen molar-refractivity contribution in [3.8, 4) is 0 Å². The van der Waals surface area contributed by atoms with Crippen molar-refractivity contribution < 1.29 is 69.7 Å². The van der Waals surface area contributed by atoms with Gasteiger partial charge in [0.25, 0.3) is 0 Å². The fourth-order valence-corrected chi connectivity index (χ4v) is 13.6. The fraction of sp³-hybridized carbons (Fsp3) is 0.929. The molecular formula is C42H68O14. The van der Waals surface area contributed by atoms with Gasteiger partial charge in [-0.25, -0.2) is 0 Å². The minimum atomic E-state index is -1.84. The molecule has 6 fully saturated rings. The Morgan fingerprint density at radius 3 is 1.98 bits per heavy atom. The van der Waals surface area contributed by atoms with E-state index in [0.717, 1.165) is 32.1 Å². The van der Waals surface area contributed by atoms with Crippen LogP contribution in [0, 0.1) is 50.2 Å². The van der Waals surface area contributed by atoms with Gasteiger partial charge in [-0.1, -0.05) is 60.1 Å². The van der Waals surface area contributed by atoms with E-state index in [-0.39, 0.29) is 39.4 Å².